The number of ether oxygens (including phenoxy) is 1. The summed E-state index contributed by atoms with van der Waals surface area (Å²) in [7, 11) is 0. The number of alkyl carbamates (subject to hydrolysis) is 1. The molecule has 0 bridgehead atoms. The molecule has 0 aromatic heterocycles. The first kappa shape index (κ1) is 16.8. The van der Waals surface area contributed by atoms with Crippen molar-refractivity contribution >= 4 is 12.2 Å². The van der Waals surface area contributed by atoms with Crippen LogP contribution in [0.3, 0.4) is 0 Å². The van der Waals surface area contributed by atoms with Crippen LogP contribution in [0, 0.1) is 0 Å². The Morgan fingerprint density at radius 1 is 1.19 bits per heavy atom. The summed E-state index contributed by atoms with van der Waals surface area (Å²) in [6.07, 6.45) is -1.15. The first-order valence-corrected chi connectivity index (χ1v) is 6.65. The standard InChI is InChI=1S/C14H19NO2.CH2O3/c1-14(2,3)17-13(16)15-12-9-11(12)10-7-5-4-6-8-10;2-1(3)4/h4-8,11-12H,9H2,1-3H3,(H,15,16);(H2,2,3,4)/t11-,12+;/m1./s1. The molecular weight excluding hydrogens is 274 g/mol. The first-order chi connectivity index (χ1) is 9.69. The van der Waals surface area contributed by atoms with E-state index in [2.05, 4.69) is 17.4 Å². The van der Waals surface area contributed by atoms with Crippen LogP contribution in [0.4, 0.5) is 9.59 Å². The first-order valence-electron chi connectivity index (χ1n) is 6.65. The summed E-state index contributed by atoms with van der Waals surface area (Å²) in [4.78, 5) is 20.1. The molecular formula is C15H21NO5. The lowest BCUT2D eigenvalue weighted by molar-refractivity contribution is 0.0522. The monoisotopic (exact) mass is 295 g/mol. The summed E-state index contributed by atoms with van der Waals surface area (Å²) in [6.45, 7) is 5.61. The van der Waals surface area contributed by atoms with Crippen molar-refractivity contribution in [3.05, 3.63) is 35.9 Å². The van der Waals surface area contributed by atoms with Crippen LogP contribution in [-0.4, -0.2) is 34.1 Å². The van der Waals surface area contributed by atoms with Gasteiger partial charge in [-0.3, -0.25) is 0 Å². The topological polar surface area (TPSA) is 95.9 Å². The van der Waals surface area contributed by atoms with E-state index in [0.29, 0.717) is 5.92 Å². The van der Waals surface area contributed by atoms with Crippen LogP contribution in [0.5, 0.6) is 0 Å². The number of rotatable bonds is 2. The maximum atomic E-state index is 11.6. The minimum atomic E-state index is -1.83. The quantitative estimate of drug-likeness (QED) is 0.778. The molecule has 2 rings (SSSR count). The second kappa shape index (κ2) is 6.97. The Balaban J connectivity index is 0.000000491. The number of carbonyl (C=O) groups is 2. The highest BCUT2D eigenvalue weighted by molar-refractivity contribution is 5.69. The number of nitrogens with one attached hydrogen (secondary N) is 1. The van der Waals surface area contributed by atoms with Crippen molar-refractivity contribution < 1.29 is 24.5 Å². The van der Waals surface area contributed by atoms with Crippen molar-refractivity contribution in [3.8, 4) is 0 Å². The van der Waals surface area contributed by atoms with Crippen LogP contribution in [0.2, 0.25) is 0 Å². The second-order valence-corrected chi connectivity index (χ2v) is 5.79. The zero-order valence-corrected chi connectivity index (χ0v) is 12.4. The number of benzene rings is 1. The maximum Gasteiger partial charge on any atom is 0.503 e. The summed E-state index contributed by atoms with van der Waals surface area (Å²) in [5, 5.41) is 16.8. The SMILES string of the molecule is CC(C)(C)OC(=O)N[C@H]1C[C@@H]1c1ccccc1.O=C(O)O. The zero-order chi connectivity index (χ0) is 16.0. The second-order valence-electron chi connectivity index (χ2n) is 5.79. The molecule has 1 aliphatic carbocycles. The summed E-state index contributed by atoms with van der Waals surface area (Å²) >= 11 is 0. The maximum absolute atomic E-state index is 11.6. The van der Waals surface area contributed by atoms with Crippen LogP contribution in [0.25, 0.3) is 0 Å². The number of hydrogen-bond donors (Lipinski definition) is 3. The average Bonchev–Trinajstić information content (AvgIpc) is 3.06. The number of amides is 1. The van der Waals surface area contributed by atoms with E-state index in [9.17, 15) is 4.79 Å². The zero-order valence-electron chi connectivity index (χ0n) is 12.4. The van der Waals surface area contributed by atoms with Crippen LogP contribution >= 0.6 is 0 Å². The van der Waals surface area contributed by atoms with E-state index in [0.717, 1.165) is 6.42 Å². The molecule has 1 amide bonds. The molecule has 1 aliphatic rings. The number of carboxylic acid groups (broad SMARTS) is 2. The minimum absolute atomic E-state index is 0.229. The van der Waals surface area contributed by atoms with Gasteiger partial charge >= 0.3 is 12.2 Å². The lowest BCUT2D eigenvalue weighted by Gasteiger charge is -2.19. The van der Waals surface area contributed by atoms with E-state index >= 15 is 0 Å². The summed E-state index contributed by atoms with van der Waals surface area (Å²) in [5.74, 6) is 0.448. The van der Waals surface area contributed by atoms with E-state index in [4.69, 9.17) is 19.7 Å². The van der Waals surface area contributed by atoms with Crippen LogP contribution < -0.4 is 5.32 Å². The fourth-order valence-corrected chi connectivity index (χ4v) is 1.88. The molecule has 1 fully saturated rings. The van der Waals surface area contributed by atoms with Gasteiger partial charge in [0.15, 0.2) is 0 Å². The van der Waals surface area contributed by atoms with E-state index in [-0.39, 0.29) is 12.1 Å². The molecule has 0 radical (unpaired) electrons. The molecule has 21 heavy (non-hydrogen) atoms. The molecule has 6 heteroatoms. The van der Waals surface area contributed by atoms with Gasteiger partial charge in [0.05, 0.1) is 0 Å². The van der Waals surface area contributed by atoms with Gasteiger partial charge in [-0.25, -0.2) is 9.59 Å². The Morgan fingerprint density at radius 3 is 2.19 bits per heavy atom. The predicted molar refractivity (Wildman–Crippen MR) is 77.6 cm³/mol. The molecule has 0 saturated heterocycles. The van der Waals surface area contributed by atoms with Gasteiger partial charge in [-0.05, 0) is 32.8 Å². The molecule has 6 nitrogen and oxygen atoms in total. The van der Waals surface area contributed by atoms with Crippen LogP contribution in [0.15, 0.2) is 30.3 Å². The molecule has 1 aromatic carbocycles. The summed E-state index contributed by atoms with van der Waals surface area (Å²) in [5.41, 5.74) is 0.856. The van der Waals surface area contributed by atoms with Gasteiger partial charge in [0.25, 0.3) is 0 Å². The normalized spacial score (nSPS) is 19.8. The molecule has 1 saturated carbocycles. The van der Waals surface area contributed by atoms with E-state index in [1.54, 1.807) is 0 Å². The minimum Gasteiger partial charge on any atom is -0.450 e. The third kappa shape index (κ3) is 7.20. The van der Waals surface area contributed by atoms with E-state index < -0.39 is 11.8 Å². The van der Waals surface area contributed by atoms with Crippen LogP contribution in [0.1, 0.15) is 38.7 Å². The van der Waals surface area contributed by atoms with Gasteiger partial charge < -0.3 is 20.3 Å². The molecule has 3 N–H and O–H groups in total. The molecule has 0 aliphatic heterocycles. The Labute approximate surface area is 123 Å². The highest BCUT2D eigenvalue weighted by atomic mass is 16.6. The van der Waals surface area contributed by atoms with Crippen molar-refractivity contribution in [1.29, 1.82) is 0 Å². The van der Waals surface area contributed by atoms with Crippen molar-refractivity contribution in [1.82, 2.24) is 5.32 Å². The fourth-order valence-electron chi connectivity index (χ4n) is 1.88. The average molecular weight is 295 g/mol. The molecule has 116 valence electrons. The third-order valence-electron chi connectivity index (χ3n) is 2.72. The summed E-state index contributed by atoms with van der Waals surface area (Å²) < 4.78 is 5.22. The smallest absolute Gasteiger partial charge is 0.450 e. The van der Waals surface area contributed by atoms with E-state index in [1.807, 2.05) is 39.0 Å². The van der Waals surface area contributed by atoms with Crippen molar-refractivity contribution in [2.45, 2.75) is 44.8 Å². The van der Waals surface area contributed by atoms with Gasteiger partial charge in [-0.1, -0.05) is 30.3 Å². The molecule has 1 aromatic rings. The molecule has 2 atom stereocenters. The van der Waals surface area contributed by atoms with Crippen molar-refractivity contribution in [3.63, 3.8) is 0 Å². The Kier molecular flexibility index (Phi) is 5.58. The molecule has 0 unspecified atom stereocenters. The Hall–Kier alpha value is -2.24. The third-order valence-corrected chi connectivity index (χ3v) is 2.72. The predicted octanol–water partition coefficient (Wildman–Crippen LogP) is 3.29. The highest BCUT2D eigenvalue weighted by Gasteiger charge is 2.40. The number of hydrogen-bond acceptors (Lipinski definition) is 3. The van der Waals surface area contributed by atoms with Crippen molar-refractivity contribution in [2.24, 2.45) is 0 Å². The van der Waals surface area contributed by atoms with Gasteiger partial charge in [0.1, 0.15) is 5.60 Å². The lowest BCUT2D eigenvalue weighted by Crippen LogP contribution is -2.34. The van der Waals surface area contributed by atoms with Crippen molar-refractivity contribution in [2.75, 3.05) is 0 Å². The largest absolute Gasteiger partial charge is 0.503 e. The fraction of sp³-hybridized carbons (Fsp3) is 0.467. The van der Waals surface area contributed by atoms with Crippen LogP contribution in [-0.2, 0) is 4.74 Å². The van der Waals surface area contributed by atoms with Gasteiger partial charge in [0, 0.05) is 12.0 Å². The lowest BCUT2D eigenvalue weighted by atomic mass is 10.1. The Bertz CT molecular complexity index is 477. The molecule has 0 heterocycles. The highest BCUT2D eigenvalue weighted by Crippen LogP contribution is 2.40. The van der Waals surface area contributed by atoms with Gasteiger partial charge in [-0.15, -0.1) is 0 Å². The van der Waals surface area contributed by atoms with Gasteiger partial charge in [-0.2, -0.15) is 0 Å². The van der Waals surface area contributed by atoms with Gasteiger partial charge in [0.2, 0.25) is 0 Å². The summed E-state index contributed by atoms with van der Waals surface area (Å²) in [6, 6.07) is 10.5. The Morgan fingerprint density at radius 2 is 1.71 bits per heavy atom. The molecule has 0 spiro atoms. The number of carbonyl (C=O) groups excluding carboxylic acids is 1. The van der Waals surface area contributed by atoms with E-state index in [1.165, 1.54) is 5.56 Å².